The Kier molecular flexibility index (Phi) is 9.64. The van der Waals surface area contributed by atoms with E-state index < -0.39 is 0 Å². The predicted octanol–water partition coefficient (Wildman–Crippen LogP) is 5.79. The minimum atomic E-state index is -0.306. The Balaban J connectivity index is 1.45. The van der Waals surface area contributed by atoms with Crippen molar-refractivity contribution in [2.75, 3.05) is 13.2 Å². The first-order chi connectivity index (χ1) is 17.6. The van der Waals surface area contributed by atoms with Crippen LogP contribution in [0.3, 0.4) is 0 Å². The average molecular weight is 509 g/mol. The highest BCUT2D eigenvalue weighted by molar-refractivity contribution is 7.09. The zero-order valence-corrected chi connectivity index (χ0v) is 21.3. The van der Waals surface area contributed by atoms with Crippen LogP contribution in [0.2, 0.25) is 0 Å². The summed E-state index contributed by atoms with van der Waals surface area (Å²) in [5.74, 6) is -0.571. The smallest absolute Gasteiger partial charge is 0.249 e. The molecule has 1 heterocycles. The number of benzene rings is 2. The number of ether oxygens (including phenoxy) is 1. The summed E-state index contributed by atoms with van der Waals surface area (Å²) in [5.41, 5.74) is 1.86. The SMILES string of the molecule is O=C(CN(C(=O)COCc1ccccc1)C1CCCCC1)N(Cc1ccc(F)cc1)Cc1cccs1. The van der Waals surface area contributed by atoms with Gasteiger partial charge in [0.25, 0.3) is 0 Å². The Morgan fingerprint density at radius 1 is 0.861 bits per heavy atom. The van der Waals surface area contributed by atoms with Gasteiger partial charge >= 0.3 is 0 Å². The van der Waals surface area contributed by atoms with E-state index in [-0.39, 0.29) is 36.8 Å². The van der Waals surface area contributed by atoms with E-state index >= 15 is 0 Å². The van der Waals surface area contributed by atoms with Crippen molar-refractivity contribution in [3.8, 4) is 0 Å². The lowest BCUT2D eigenvalue weighted by Gasteiger charge is -2.35. The summed E-state index contributed by atoms with van der Waals surface area (Å²) in [7, 11) is 0. The van der Waals surface area contributed by atoms with Crippen LogP contribution in [0, 0.1) is 5.82 Å². The van der Waals surface area contributed by atoms with Gasteiger partial charge in [-0.2, -0.15) is 0 Å². The first-order valence-electron chi connectivity index (χ1n) is 12.5. The quantitative estimate of drug-likeness (QED) is 0.329. The molecular weight excluding hydrogens is 475 g/mol. The molecule has 1 saturated carbocycles. The second-order valence-electron chi connectivity index (χ2n) is 9.25. The van der Waals surface area contributed by atoms with Crippen molar-refractivity contribution in [2.24, 2.45) is 0 Å². The van der Waals surface area contributed by atoms with E-state index in [0.29, 0.717) is 19.7 Å². The Labute approximate surface area is 216 Å². The van der Waals surface area contributed by atoms with Crippen molar-refractivity contribution in [3.63, 3.8) is 0 Å². The second kappa shape index (κ2) is 13.3. The third kappa shape index (κ3) is 7.73. The molecule has 3 aromatic rings. The van der Waals surface area contributed by atoms with Crippen molar-refractivity contribution in [2.45, 2.75) is 57.8 Å². The molecule has 0 N–H and O–H groups in total. The van der Waals surface area contributed by atoms with E-state index in [9.17, 15) is 14.0 Å². The Bertz CT molecular complexity index is 1080. The molecule has 0 saturated heterocycles. The summed E-state index contributed by atoms with van der Waals surface area (Å²) in [5, 5.41) is 1.98. The van der Waals surface area contributed by atoms with Gasteiger partial charge in [0, 0.05) is 17.5 Å². The van der Waals surface area contributed by atoms with Crippen LogP contribution >= 0.6 is 11.3 Å². The molecule has 0 unspecified atom stereocenters. The van der Waals surface area contributed by atoms with Crippen molar-refractivity contribution in [1.82, 2.24) is 9.80 Å². The molecule has 2 amide bonds. The number of hydrogen-bond acceptors (Lipinski definition) is 4. The van der Waals surface area contributed by atoms with Crippen LogP contribution in [0.15, 0.2) is 72.1 Å². The van der Waals surface area contributed by atoms with Gasteiger partial charge in [-0.1, -0.05) is 67.8 Å². The van der Waals surface area contributed by atoms with Gasteiger partial charge in [0.15, 0.2) is 0 Å². The second-order valence-corrected chi connectivity index (χ2v) is 10.3. The summed E-state index contributed by atoms with van der Waals surface area (Å²) in [4.78, 5) is 31.5. The Hall–Kier alpha value is -3.03. The highest BCUT2D eigenvalue weighted by atomic mass is 32.1. The number of nitrogens with zero attached hydrogens (tertiary/aromatic N) is 2. The largest absolute Gasteiger partial charge is 0.367 e. The van der Waals surface area contributed by atoms with E-state index in [1.165, 1.54) is 12.1 Å². The van der Waals surface area contributed by atoms with Crippen LogP contribution in [0.25, 0.3) is 0 Å². The molecule has 1 fully saturated rings. The molecule has 2 aromatic carbocycles. The zero-order chi connectivity index (χ0) is 25.2. The number of thiophene rings is 1. The fourth-order valence-electron chi connectivity index (χ4n) is 4.61. The molecule has 36 heavy (non-hydrogen) atoms. The molecular formula is C29H33FN2O3S. The lowest BCUT2D eigenvalue weighted by atomic mass is 9.94. The number of carbonyl (C=O) groups excluding carboxylic acids is 2. The third-order valence-corrected chi connectivity index (χ3v) is 7.41. The van der Waals surface area contributed by atoms with Gasteiger partial charge in [0.05, 0.1) is 13.2 Å². The summed E-state index contributed by atoms with van der Waals surface area (Å²) in [6, 6.07) is 20.0. The van der Waals surface area contributed by atoms with Crippen LogP contribution in [0.1, 0.15) is 48.1 Å². The maximum absolute atomic E-state index is 13.6. The fraction of sp³-hybridized carbons (Fsp3) is 0.379. The molecule has 4 rings (SSSR count). The molecule has 7 heteroatoms. The minimum absolute atomic E-state index is 0.0186. The van der Waals surface area contributed by atoms with E-state index in [0.717, 1.165) is 48.1 Å². The molecule has 1 aliphatic carbocycles. The third-order valence-electron chi connectivity index (χ3n) is 6.54. The maximum atomic E-state index is 13.6. The van der Waals surface area contributed by atoms with E-state index in [1.54, 1.807) is 33.3 Å². The molecule has 0 spiro atoms. The number of halogens is 1. The molecule has 0 aliphatic heterocycles. The van der Waals surface area contributed by atoms with Crippen molar-refractivity contribution >= 4 is 23.2 Å². The highest BCUT2D eigenvalue weighted by Crippen LogP contribution is 2.24. The molecule has 0 atom stereocenters. The lowest BCUT2D eigenvalue weighted by molar-refractivity contribution is -0.147. The Morgan fingerprint density at radius 2 is 1.61 bits per heavy atom. The minimum Gasteiger partial charge on any atom is -0.367 e. The summed E-state index contributed by atoms with van der Waals surface area (Å²) < 4.78 is 19.2. The zero-order valence-electron chi connectivity index (χ0n) is 20.5. The van der Waals surface area contributed by atoms with Crippen LogP contribution in [0.4, 0.5) is 4.39 Å². The van der Waals surface area contributed by atoms with Gasteiger partial charge in [-0.3, -0.25) is 9.59 Å². The molecule has 190 valence electrons. The number of hydrogen-bond donors (Lipinski definition) is 0. The van der Waals surface area contributed by atoms with Gasteiger partial charge in [0.1, 0.15) is 19.0 Å². The summed E-state index contributed by atoms with van der Waals surface area (Å²) >= 11 is 1.59. The van der Waals surface area contributed by atoms with Gasteiger partial charge in [-0.15, -0.1) is 11.3 Å². The number of rotatable bonds is 11. The topological polar surface area (TPSA) is 49.9 Å². The van der Waals surface area contributed by atoms with Gasteiger partial charge in [-0.25, -0.2) is 4.39 Å². The first-order valence-corrected chi connectivity index (χ1v) is 13.4. The van der Waals surface area contributed by atoms with Gasteiger partial charge in [0.2, 0.25) is 11.8 Å². The molecule has 0 radical (unpaired) electrons. The molecule has 1 aliphatic rings. The maximum Gasteiger partial charge on any atom is 0.249 e. The standard InChI is InChI=1S/C29H33FN2O3S/c30-25-15-13-23(14-16-25)18-31(19-27-12-7-17-36-27)28(33)20-32(26-10-5-2-6-11-26)29(34)22-35-21-24-8-3-1-4-9-24/h1,3-4,7-9,12-17,26H,2,5-6,10-11,18-22H2. The molecule has 0 bridgehead atoms. The number of amides is 2. The lowest BCUT2D eigenvalue weighted by Crippen LogP contribution is -2.49. The normalized spacial score (nSPS) is 13.9. The van der Waals surface area contributed by atoms with Crippen LogP contribution in [0.5, 0.6) is 0 Å². The van der Waals surface area contributed by atoms with Crippen LogP contribution in [-0.4, -0.2) is 40.8 Å². The Morgan fingerprint density at radius 3 is 2.31 bits per heavy atom. The first kappa shape index (κ1) is 26.0. The summed E-state index contributed by atoms with van der Waals surface area (Å²) in [6.45, 7) is 1.12. The highest BCUT2D eigenvalue weighted by Gasteiger charge is 2.29. The van der Waals surface area contributed by atoms with Crippen LogP contribution in [-0.2, 0) is 34.0 Å². The van der Waals surface area contributed by atoms with E-state index in [4.69, 9.17) is 4.74 Å². The van der Waals surface area contributed by atoms with Crippen molar-refractivity contribution in [3.05, 3.63) is 93.9 Å². The van der Waals surface area contributed by atoms with Gasteiger partial charge in [-0.05, 0) is 47.5 Å². The summed E-state index contributed by atoms with van der Waals surface area (Å²) in [6.07, 6.45) is 5.08. The number of carbonyl (C=O) groups is 2. The fourth-order valence-corrected chi connectivity index (χ4v) is 5.33. The van der Waals surface area contributed by atoms with Gasteiger partial charge < -0.3 is 14.5 Å². The molecule has 5 nitrogen and oxygen atoms in total. The average Bonchev–Trinajstić information content (AvgIpc) is 3.42. The predicted molar refractivity (Wildman–Crippen MR) is 140 cm³/mol. The van der Waals surface area contributed by atoms with E-state index in [1.807, 2.05) is 47.8 Å². The van der Waals surface area contributed by atoms with Crippen LogP contribution < -0.4 is 0 Å². The van der Waals surface area contributed by atoms with E-state index in [2.05, 4.69) is 0 Å². The van der Waals surface area contributed by atoms with Crippen molar-refractivity contribution in [1.29, 1.82) is 0 Å². The monoisotopic (exact) mass is 508 g/mol. The van der Waals surface area contributed by atoms with Crippen molar-refractivity contribution < 1.29 is 18.7 Å². The molecule has 1 aromatic heterocycles.